The van der Waals surface area contributed by atoms with Crippen molar-refractivity contribution in [2.45, 2.75) is 49.6 Å². The van der Waals surface area contributed by atoms with Crippen molar-refractivity contribution in [3.8, 4) is 0 Å². The summed E-state index contributed by atoms with van der Waals surface area (Å²) in [6, 6.07) is 8.92. The third-order valence-electron chi connectivity index (χ3n) is 4.26. The van der Waals surface area contributed by atoms with Crippen LogP contribution in [0, 0.1) is 0 Å². The number of alkyl halides is 1. The van der Waals surface area contributed by atoms with Gasteiger partial charge in [0, 0.05) is 12.6 Å². The van der Waals surface area contributed by atoms with E-state index in [1.165, 1.54) is 36.8 Å². The third-order valence-corrected chi connectivity index (χ3v) is 4.66. The average Bonchev–Trinajstić information content (AvgIpc) is 3.02. The molecule has 3 heteroatoms. The molecule has 0 aromatic heterocycles. The van der Waals surface area contributed by atoms with Crippen LogP contribution in [0.15, 0.2) is 24.3 Å². The summed E-state index contributed by atoms with van der Waals surface area (Å²) in [4.78, 5) is 0. The first kappa shape index (κ1) is 13.4. The van der Waals surface area contributed by atoms with Gasteiger partial charge in [0.2, 0.25) is 0 Å². The zero-order valence-electron chi connectivity index (χ0n) is 11.3. The molecule has 0 amide bonds. The van der Waals surface area contributed by atoms with Gasteiger partial charge in [0.15, 0.2) is 0 Å². The first-order valence-corrected chi connectivity index (χ1v) is 7.85. The van der Waals surface area contributed by atoms with Gasteiger partial charge < -0.3 is 10.1 Å². The van der Waals surface area contributed by atoms with Gasteiger partial charge in [-0.3, -0.25) is 0 Å². The van der Waals surface area contributed by atoms with Crippen LogP contribution in [-0.2, 0) is 11.2 Å². The molecule has 1 fully saturated rings. The highest BCUT2D eigenvalue weighted by Gasteiger charge is 2.30. The molecule has 1 saturated heterocycles. The fourth-order valence-electron chi connectivity index (χ4n) is 3.24. The highest BCUT2D eigenvalue weighted by Crippen LogP contribution is 2.34. The Hall–Kier alpha value is -0.570. The van der Waals surface area contributed by atoms with E-state index in [1.807, 2.05) is 0 Å². The van der Waals surface area contributed by atoms with Crippen molar-refractivity contribution >= 4 is 11.6 Å². The summed E-state index contributed by atoms with van der Waals surface area (Å²) in [5, 5.41) is 3.82. The van der Waals surface area contributed by atoms with Gasteiger partial charge in [-0.1, -0.05) is 24.3 Å². The molecule has 19 heavy (non-hydrogen) atoms. The number of benzene rings is 1. The second-order valence-electron chi connectivity index (χ2n) is 5.63. The van der Waals surface area contributed by atoms with Gasteiger partial charge in [0.1, 0.15) is 0 Å². The summed E-state index contributed by atoms with van der Waals surface area (Å²) >= 11 is 6.46. The van der Waals surface area contributed by atoms with Crippen molar-refractivity contribution in [1.82, 2.24) is 5.32 Å². The minimum absolute atomic E-state index is 0.195. The van der Waals surface area contributed by atoms with Crippen LogP contribution in [0.3, 0.4) is 0 Å². The van der Waals surface area contributed by atoms with E-state index in [-0.39, 0.29) is 5.38 Å². The highest BCUT2D eigenvalue weighted by atomic mass is 35.5. The van der Waals surface area contributed by atoms with Crippen molar-refractivity contribution in [2.75, 3.05) is 13.2 Å². The maximum atomic E-state index is 6.46. The smallest absolute Gasteiger partial charge is 0.0576 e. The molecule has 0 spiro atoms. The molecule has 3 atom stereocenters. The van der Waals surface area contributed by atoms with Crippen LogP contribution < -0.4 is 5.32 Å². The van der Waals surface area contributed by atoms with Crippen LogP contribution in [-0.4, -0.2) is 24.6 Å². The van der Waals surface area contributed by atoms with Crippen LogP contribution in [0.5, 0.6) is 0 Å². The SMILES string of the molecule is ClC1Cc2ccccc2C1NCCCC1CCCO1. The largest absolute Gasteiger partial charge is 0.378 e. The molecule has 1 aliphatic carbocycles. The van der Waals surface area contributed by atoms with Gasteiger partial charge in [-0.25, -0.2) is 0 Å². The fourth-order valence-corrected chi connectivity index (χ4v) is 3.63. The maximum Gasteiger partial charge on any atom is 0.0576 e. The topological polar surface area (TPSA) is 21.3 Å². The molecule has 0 bridgehead atoms. The lowest BCUT2D eigenvalue weighted by Crippen LogP contribution is -2.27. The molecule has 1 aromatic carbocycles. The Morgan fingerprint density at radius 1 is 1.32 bits per heavy atom. The molecule has 104 valence electrons. The summed E-state index contributed by atoms with van der Waals surface area (Å²) in [7, 11) is 0. The number of halogens is 1. The quantitative estimate of drug-likeness (QED) is 0.659. The summed E-state index contributed by atoms with van der Waals surface area (Å²) in [5.41, 5.74) is 2.79. The Labute approximate surface area is 120 Å². The molecule has 3 unspecified atom stereocenters. The van der Waals surface area contributed by atoms with E-state index < -0.39 is 0 Å². The molecule has 1 aliphatic heterocycles. The Morgan fingerprint density at radius 2 is 2.21 bits per heavy atom. The monoisotopic (exact) mass is 279 g/mol. The van der Waals surface area contributed by atoms with Crippen molar-refractivity contribution < 1.29 is 4.74 Å². The third kappa shape index (κ3) is 3.13. The van der Waals surface area contributed by atoms with Crippen LogP contribution >= 0.6 is 11.6 Å². The van der Waals surface area contributed by atoms with Crippen LogP contribution in [0.4, 0.5) is 0 Å². The van der Waals surface area contributed by atoms with E-state index in [1.54, 1.807) is 0 Å². The minimum atomic E-state index is 0.195. The second-order valence-corrected chi connectivity index (χ2v) is 6.19. The summed E-state index contributed by atoms with van der Waals surface area (Å²) in [5.74, 6) is 0. The van der Waals surface area contributed by atoms with Crippen LogP contribution in [0.1, 0.15) is 42.9 Å². The molecule has 0 radical (unpaired) electrons. The van der Waals surface area contributed by atoms with E-state index in [4.69, 9.17) is 16.3 Å². The van der Waals surface area contributed by atoms with E-state index in [2.05, 4.69) is 29.6 Å². The first-order valence-electron chi connectivity index (χ1n) is 7.41. The molecular formula is C16H22ClNO. The Kier molecular flexibility index (Phi) is 4.42. The second kappa shape index (κ2) is 6.25. The van der Waals surface area contributed by atoms with E-state index in [0.717, 1.165) is 19.6 Å². The number of rotatable bonds is 5. The van der Waals surface area contributed by atoms with E-state index >= 15 is 0 Å². The lowest BCUT2D eigenvalue weighted by atomic mass is 10.1. The Balaban J connectivity index is 1.47. The van der Waals surface area contributed by atoms with Gasteiger partial charge in [0.25, 0.3) is 0 Å². The number of fused-ring (bicyclic) bond motifs is 1. The molecular weight excluding hydrogens is 258 g/mol. The van der Waals surface area contributed by atoms with E-state index in [9.17, 15) is 0 Å². The van der Waals surface area contributed by atoms with Gasteiger partial charge in [-0.05, 0) is 49.8 Å². The first-order chi connectivity index (χ1) is 9.34. The highest BCUT2D eigenvalue weighted by molar-refractivity contribution is 6.21. The molecule has 0 saturated carbocycles. The predicted octanol–water partition coefficient (Wildman–Crippen LogP) is 3.44. The van der Waals surface area contributed by atoms with Crippen molar-refractivity contribution in [3.05, 3.63) is 35.4 Å². The Morgan fingerprint density at radius 3 is 3.05 bits per heavy atom. The molecule has 3 rings (SSSR count). The number of ether oxygens (including phenoxy) is 1. The maximum absolute atomic E-state index is 6.46. The van der Waals surface area contributed by atoms with Crippen molar-refractivity contribution in [1.29, 1.82) is 0 Å². The molecule has 2 nitrogen and oxygen atoms in total. The van der Waals surface area contributed by atoms with E-state index in [0.29, 0.717) is 12.1 Å². The zero-order chi connectivity index (χ0) is 13.1. The fraction of sp³-hybridized carbons (Fsp3) is 0.625. The van der Waals surface area contributed by atoms with Crippen LogP contribution in [0.25, 0.3) is 0 Å². The molecule has 1 aromatic rings. The number of hydrogen-bond donors (Lipinski definition) is 1. The summed E-state index contributed by atoms with van der Waals surface area (Å²) in [6.45, 7) is 1.99. The summed E-state index contributed by atoms with van der Waals surface area (Å²) in [6.07, 6.45) is 6.31. The average molecular weight is 280 g/mol. The minimum Gasteiger partial charge on any atom is -0.378 e. The lowest BCUT2D eigenvalue weighted by molar-refractivity contribution is 0.102. The number of nitrogens with one attached hydrogen (secondary N) is 1. The number of hydrogen-bond acceptors (Lipinski definition) is 2. The van der Waals surface area contributed by atoms with Gasteiger partial charge >= 0.3 is 0 Å². The molecule has 1 N–H and O–H groups in total. The van der Waals surface area contributed by atoms with Crippen LogP contribution in [0.2, 0.25) is 0 Å². The Bertz CT molecular complexity index is 417. The molecule has 2 aliphatic rings. The van der Waals surface area contributed by atoms with Gasteiger partial charge in [-0.15, -0.1) is 11.6 Å². The lowest BCUT2D eigenvalue weighted by Gasteiger charge is -2.18. The normalized spacial score (nSPS) is 29.6. The van der Waals surface area contributed by atoms with Gasteiger partial charge in [-0.2, -0.15) is 0 Å². The predicted molar refractivity (Wildman–Crippen MR) is 78.7 cm³/mol. The zero-order valence-corrected chi connectivity index (χ0v) is 12.0. The van der Waals surface area contributed by atoms with Crippen molar-refractivity contribution in [3.63, 3.8) is 0 Å². The van der Waals surface area contributed by atoms with Crippen molar-refractivity contribution in [2.24, 2.45) is 0 Å². The van der Waals surface area contributed by atoms with Gasteiger partial charge in [0.05, 0.1) is 11.5 Å². The summed E-state index contributed by atoms with van der Waals surface area (Å²) < 4.78 is 5.65. The standard InChI is InChI=1S/C16H22ClNO/c17-15-11-12-5-1-2-8-14(12)16(15)18-9-3-6-13-7-4-10-19-13/h1-2,5,8,13,15-16,18H,3-4,6-7,9-11H2. The molecule has 1 heterocycles.